The summed E-state index contributed by atoms with van der Waals surface area (Å²) in [5.74, 6) is 2.12. The average molecular weight is 537 g/mol. The van der Waals surface area contributed by atoms with Crippen LogP contribution in [0.15, 0.2) is 23.8 Å². The molecule has 1 aromatic rings. The molecule has 2 saturated heterocycles. The van der Waals surface area contributed by atoms with Crippen LogP contribution in [0, 0.1) is 5.92 Å². The molecule has 0 radical (unpaired) electrons. The minimum Gasteiger partial charge on any atom is -0.508 e. The van der Waals surface area contributed by atoms with Crippen molar-refractivity contribution in [2.75, 3.05) is 32.7 Å². The molecule has 2 fully saturated rings. The van der Waals surface area contributed by atoms with Crippen molar-refractivity contribution >= 4 is 0 Å². The number of nitrogens with zero attached hydrogens (tertiary/aromatic N) is 2. The van der Waals surface area contributed by atoms with Gasteiger partial charge in [0.25, 0.3) is 0 Å². The summed E-state index contributed by atoms with van der Waals surface area (Å²) in [7, 11) is 0. The van der Waals surface area contributed by atoms with Gasteiger partial charge in [-0.2, -0.15) is 0 Å². The lowest BCUT2D eigenvalue weighted by atomic mass is 9.66. The molecule has 0 bridgehead atoms. The zero-order chi connectivity index (χ0) is 27.6. The van der Waals surface area contributed by atoms with E-state index in [2.05, 4.69) is 62.6 Å². The lowest BCUT2D eigenvalue weighted by Gasteiger charge is -2.48. The van der Waals surface area contributed by atoms with E-state index >= 15 is 0 Å². The molecule has 1 aromatic carbocycles. The maximum atomic E-state index is 11.5. The van der Waals surface area contributed by atoms with Crippen LogP contribution in [-0.2, 0) is 5.41 Å². The second-order valence-corrected chi connectivity index (χ2v) is 14.4. The van der Waals surface area contributed by atoms with Gasteiger partial charge in [-0.1, -0.05) is 64.5 Å². The molecule has 1 aliphatic carbocycles. The summed E-state index contributed by atoms with van der Waals surface area (Å²) in [4.78, 5) is 5.47. The second kappa shape index (κ2) is 12.1. The largest absolute Gasteiger partial charge is 0.508 e. The molecule has 3 aliphatic heterocycles. The van der Waals surface area contributed by atoms with Crippen LogP contribution in [0.5, 0.6) is 11.5 Å². The number of phenols is 1. The first-order valence-electron chi connectivity index (χ1n) is 16.4. The van der Waals surface area contributed by atoms with Gasteiger partial charge in [0.15, 0.2) is 0 Å². The standard InChI is InChI=1S/C35H56N2O2/c1-6-7-8-10-17-34(2,3)27-23-31(38)33-29-22-26(13-14-30(29)35(4,5)39-32(33)24-27)25-36-20-15-28(16-21-36)37-18-11-9-12-19-37/h13,23-24,28-30,38H,6-12,14-22,25H2,1-5H3. The SMILES string of the molecule is CCCCCCC(C)(C)c1cc(O)c2c(c1)OC(C)(C)C1CC=C(CN3CCC(N4CCCCC4)CC3)CC21. The molecule has 5 rings (SSSR count). The van der Waals surface area contributed by atoms with Gasteiger partial charge in [0.1, 0.15) is 17.1 Å². The Kier molecular flexibility index (Phi) is 9.03. The molecule has 0 saturated carbocycles. The van der Waals surface area contributed by atoms with Crippen LogP contribution < -0.4 is 4.74 Å². The maximum absolute atomic E-state index is 11.5. The molecule has 4 aliphatic rings. The van der Waals surface area contributed by atoms with Crippen molar-refractivity contribution in [3.63, 3.8) is 0 Å². The quantitative estimate of drug-likeness (QED) is 0.255. The highest BCUT2D eigenvalue weighted by Gasteiger charge is 2.46. The highest BCUT2D eigenvalue weighted by molar-refractivity contribution is 5.54. The van der Waals surface area contributed by atoms with Crippen molar-refractivity contribution in [2.45, 2.75) is 135 Å². The van der Waals surface area contributed by atoms with E-state index in [0.29, 0.717) is 17.6 Å². The Morgan fingerprint density at radius 1 is 1.00 bits per heavy atom. The fraction of sp³-hybridized carbons (Fsp3) is 0.771. The van der Waals surface area contributed by atoms with Gasteiger partial charge in [0, 0.05) is 30.0 Å². The van der Waals surface area contributed by atoms with Gasteiger partial charge < -0.3 is 14.7 Å². The Bertz CT molecular complexity index is 998. The minimum atomic E-state index is -0.233. The molecule has 2 atom stereocenters. The summed E-state index contributed by atoms with van der Waals surface area (Å²) >= 11 is 0. The lowest BCUT2D eigenvalue weighted by molar-refractivity contribution is 0.00664. The molecule has 0 aromatic heterocycles. The van der Waals surface area contributed by atoms with Crippen molar-refractivity contribution in [1.29, 1.82) is 0 Å². The molecule has 39 heavy (non-hydrogen) atoms. The first-order chi connectivity index (χ1) is 18.7. The predicted molar refractivity (Wildman–Crippen MR) is 163 cm³/mol. The third-order valence-corrected chi connectivity index (χ3v) is 10.7. The highest BCUT2D eigenvalue weighted by atomic mass is 16.5. The summed E-state index contributed by atoms with van der Waals surface area (Å²) in [5.41, 5.74) is 3.65. The Balaban J connectivity index is 1.27. The number of aromatic hydroxyl groups is 1. The Hall–Kier alpha value is -1.52. The van der Waals surface area contributed by atoms with E-state index in [1.165, 1.54) is 89.5 Å². The first-order valence-corrected chi connectivity index (χ1v) is 16.4. The zero-order valence-electron chi connectivity index (χ0n) is 25.7. The molecule has 0 spiro atoms. The molecule has 1 N–H and O–H groups in total. The van der Waals surface area contributed by atoms with E-state index < -0.39 is 0 Å². The van der Waals surface area contributed by atoms with Crippen LogP contribution in [0.25, 0.3) is 0 Å². The van der Waals surface area contributed by atoms with Crippen LogP contribution in [0.1, 0.15) is 129 Å². The third-order valence-electron chi connectivity index (χ3n) is 10.7. The number of hydrogen-bond donors (Lipinski definition) is 1. The van der Waals surface area contributed by atoms with E-state index in [1.807, 2.05) is 0 Å². The van der Waals surface area contributed by atoms with E-state index in [-0.39, 0.29) is 11.0 Å². The third kappa shape index (κ3) is 6.53. The van der Waals surface area contributed by atoms with Crippen LogP contribution >= 0.6 is 0 Å². The number of rotatable bonds is 9. The average Bonchev–Trinajstić information content (AvgIpc) is 2.91. The van der Waals surface area contributed by atoms with Crippen molar-refractivity contribution in [2.24, 2.45) is 5.92 Å². The van der Waals surface area contributed by atoms with E-state index in [1.54, 1.807) is 5.57 Å². The fourth-order valence-electron chi connectivity index (χ4n) is 8.14. The predicted octanol–water partition coefficient (Wildman–Crippen LogP) is 8.18. The monoisotopic (exact) mass is 536 g/mol. The Morgan fingerprint density at radius 3 is 2.46 bits per heavy atom. The van der Waals surface area contributed by atoms with Crippen molar-refractivity contribution < 1.29 is 9.84 Å². The number of unbranched alkanes of at least 4 members (excludes halogenated alkanes) is 3. The number of likely N-dealkylation sites (tertiary alicyclic amines) is 2. The number of hydrogen-bond acceptors (Lipinski definition) is 4. The summed E-state index contributed by atoms with van der Waals surface area (Å²) < 4.78 is 6.70. The van der Waals surface area contributed by atoms with Gasteiger partial charge in [-0.3, -0.25) is 4.90 Å². The molecular formula is C35H56N2O2. The number of ether oxygens (including phenoxy) is 1. The van der Waals surface area contributed by atoms with Gasteiger partial charge >= 0.3 is 0 Å². The zero-order valence-corrected chi connectivity index (χ0v) is 25.7. The topological polar surface area (TPSA) is 35.9 Å². The van der Waals surface area contributed by atoms with Crippen LogP contribution in [0.4, 0.5) is 0 Å². The Labute approximate surface area is 239 Å². The van der Waals surface area contributed by atoms with E-state index in [4.69, 9.17) is 4.74 Å². The van der Waals surface area contributed by atoms with Crippen molar-refractivity contribution in [3.8, 4) is 11.5 Å². The summed E-state index contributed by atoms with van der Waals surface area (Å²) in [6, 6.07) is 5.15. The fourth-order valence-corrected chi connectivity index (χ4v) is 8.14. The molecule has 4 heteroatoms. The van der Waals surface area contributed by atoms with Gasteiger partial charge in [-0.25, -0.2) is 0 Å². The number of piperidine rings is 2. The van der Waals surface area contributed by atoms with Gasteiger partial charge in [-0.05, 0) is 108 Å². The lowest BCUT2D eigenvalue weighted by Crippen LogP contribution is -2.48. The van der Waals surface area contributed by atoms with Gasteiger partial charge in [0.05, 0.1) is 0 Å². The van der Waals surface area contributed by atoms with Crippen LogP contribution in [0.3, 0.4) is 0 Å². The normalized spacial score (nSPS) is 26.4. The highest BCUT2D eigenvalue weighted by Crippen LogP contribution is 2.55. The number of phenolic OH excluding ortho intramolecular Hbond substituents is 1. The van der Waals surface area contributed by atoms with Crippen LogP contribution in [0.2, 0.25) is 0 Å². The molecule has 4 nitrogen and oxygen atoms in total. The van der Waals surface area contributed by atoms with E-state index in [0.717, 1.165) is 43.2 Å². The second-order valence-electron chi connectivity index (χ2n) is 14.4. The number of allylic oxidation sites excluding steroid dienone is 1. The van der Waals surface area contributed by atoms with Crippen molar-refractivity contribution in [1.82, 2.24) is 9.80 Å². The van der Waals surface area contributed by atoms with Crippen LogP contribution in [-0.4, -0.2) is 59.3 Å². The maximum Gasteiger partial charge on any atom is 0.127 e. The summed E-state index contributed by atoms with van der Waals surface area (Å²) in [6.07, 6.45) is 17.7. The molecule has 0 amide bonds. The number of fused-ring (bicyclic) bond motifs is 3. The number of benzene rings is 1. The van der Waals surface area contributed by atoms with Gasteiger partial charge in [0.2, 0.25) is 0 Å². The Morgan fingerprint density at radius 2 is 1.74 bits per heavy atom. The van der Waals surface area contributed by atoms with Crippen molar-refractivity contribution in [3.05, 3.63) is 34.9 Å². The molecule has 2 unspecified atom stereocenters. The first kappa shape index (κ1) is 29.0. The molecule has 3 heterocycles. The summed E-state index contributed by atoms with van der Waals surface area (Å²) in [6.45, 7) is 17.6. The summed E-state index contributed by atoms with van der Waals surface area (Å²) in [5, 5.41) is 11.5. The molecular weight excluding hydrogens is 480 g/mol. The minimum absolute atomic E-state index is 0.0303. The molecule has 218 valence electrons. The van der Waals surface area contributed by atoms with Gasteiger partial charge in [-0.15, -0.1) is 0 Å². The van der Waals surface area contributed by atoms with E-state index in [9.17, 15) is 5.11 Å². The smallest absolute Gasteiger partial charge is 0.127 e.